The molecule has 0 radical (unpaired) electrons. The van der Waals surface area contributed by atoms with Crippen LogP contribution in [0, 0.1) is 5.92 Å². The van der Waals surface area contributed by atoms with E-state index in [0.717, 1.165) is 49.8 Å². The summed E-state index contributed by atoms with van der Waals surface area (Å²) < 4.78 is 28.4. The first-order valence-corrected chi connectivity index (χ1v) is 11.7. The molecule has 148 valence electrons. The number of piperidine rings is 1. The number of anilines is 1. The Labute approximate surface area is 162 Å². The van der Waals surface area contributed by atoms with Gasteiger partial charge < -0.3 is 4.90 Å². The van der Waals surface area contributed by atoms with E-state index in [1.807, 2.05) is 17.0 Å². The van der Waals surface area contributed by atoms with Gasteiger partial charge >= 0.3 is 0 Å². The van der Waals surface area contributed by atoms with Crippen LogP contribution in [0.1, 0.15) is 64.9 Å². The molecule has 5 nitrogen and oxygen atoms in total. The molecule has 0 spiro atoms. The van der Waals surface area contributed by atoms with Gasteiger partial charge in [-0.15, -0.1) is 0 Å². The molecule has 1 amide bonds. The Hall–Kier alpha value is -1.40. The Kier molecular flexibility index (Phi) is 4.62. The molecule has 1 saturated heterocycles. The smallest absolute Gasteiger partial charge is 0.243 e. The lowest BCUT2D eigenvalue weighted by Gasteiger charge is -2.34. The summed E-state index contributed by atoms with van der Waals surface area (Å²) in [7, 11) is -3.51. The van der Waals surface area contributed by atoms with Crippen molar-refractivity contribution in [3.8, 4) is 0 Å². The van der Waals surface area contributed by atoms with Crippen molar-refractivity contribution in [1.82, 2.24) is 4.31 Å². The van der Waals surface area contributed by atoms with Crippen molar-refractivity contribution < 1.29 is 13.2 Å². The maximum Gasteiger partial charge on any atom is 0.243 e. The van der Waals surface area contributed by atoms with Crippen LogP contribution >= 0.6 is 0 Å². The van der Waals surface area contributed by atoms with Gasteiger partial charge in [0.25, 0.3) is 0 Å². The second-order valence-corrected chi connectivity index (χ2v) is 10.8. The molecular formula is C21H30N2O3S. The number of carbonyl (C=O) groups is 1. The molecule has 0 bridgehead atoms. The number of nitrogens with zero attached hydrogens (tertiary/aromatic N) is 2. The zero-order valence-corrected chi connectivity index (χ0v) is 17.4. The average molecular weight is 391 g/mol. The lowest BCUT2D eigenvalue weighted by molar-refractivity contribution is -0.119. The Morgan fingerprint density at radius 1 is 1.19 bits per heavy atom. The van der Waals surface area contributed by atoms with Crippen LogP contribution in [0.25, 0.3) is 0 Å². The summed E-state index contributed by atoms with van der Waals surface area (Å²) in [4.78, 5) is 14.9. The highest BCUT2D eigenvalue weighted by molar-refractivity contribution is 7.89. The van der Waals surface area contributed by atoms with Crippen molar-refractivity contribution in [2.75, 3.05) is 18.0 Å². The summed E-state index contributed by atoms with van der Waals surface area (Å²) in [6.45, 7) is 7.48. The molecule has 2 fully saturated rings. The molecule has 1 aromatic carbocycles. The molecule has 27 heavy (non-hydrogen) atoms. The molecule has 2 aliphatic heterocycles. The SMILES string of the molecule is CCC1CCCCN1S(=O)(=O)c1ccc2c(c1)C(C)(C)CN2C(=O)C1CC1. The standard InChI is InChI=1S/C21H30N2O3S/c1-4-16-7-5-6-12-23(16)27(25,26)17-10-11-19-18(13-17)21(2,3)14-22(19)20(24)15-8-9-15/h10-11,13,15-16H,4-9,12,14H2,1-3H3. The van der Waals surface area contributed by atoms with Crippen molar-refractivity contribution in [2.24, 2.45) is 5.92 Å². The van der Waals surface area contributed by atoms with Crippen LogP contribution in [0.2, 0.25) is 0 Å². The van der Waals surface area contributed by atoms with E-state index in [9.17, 15) is 13.2 Å². The monoisotopic (exact) mass is 390 g/mol. The fourth-order valence-corrected chi connectivity index (χ4v) is 6.39. The quantitative estimate of drug-likeness (QED) is 0.788. The normalized spacial score (nSPS) is 25.4. The fourth-order valence-electron chi connectivity index (χ4n) is 4.60. The third-order valence-corrected chi connectivity index (χ3v) is 8.33. The molecule has 1 atom stereocenters. The van der Waals surface area contributed by atoms with E-state index in [2.05, 4.69) is 20.8 Å². The number of rotatable bonds is 4. The van der Waals surface area contributed by atoms with Gasteiger partial charge in [-0.2, -0.15) is 4.31 Å². The fraction of sp³-hybridized carbons (Fsp3) is 0.667. The summed E-state index contributed by atoms with van der Waals surface area (Å²) in [5.74, 6) is 0.355. The van der Waals surface area contributed by atoms with Gasteiger partial charge in [-0.3, -0.25) is 4.79 Å². The summed E-state index contributed by atoms with van der Waals surface area (Å²) in [6, 6.07) is 5.47. The van der Waals surface area contributed by atoms with E-state index in [-0.39, 0.29) is 23.3 Å². The molecule has 0 N–H and O–H groups in total. The summed E-state index contributed by atoms with van der Waals surface area (Å²) in [6.07, 6.45) is 5.76. The van der Waals surface area contributed by atoms with E-state index in [4.69, 9.17) is 0 Å². The van der Waals surface area contributed by atoms with E-state index in [1.54, 1.807) is 10.4 Å². The molecule has 6 heteroatoms. The van der Waals surface area contributed by atoms with Crippen LogP contribution in [-0.4, -0.2) is 37.8 Å². The van der Waals surface area contributed by atoms with Crippen molar-refractivity contribution in [1.29, 1.82) is 0 Å². The second-order valence-electron chi connectivity index (χ2n) is 8.94. The van der Waals surface area contributed by atoms with E-state index in [1.165, 1.54) is 0 Å². The summed E-state index contributed by atoms with van der Waals surface area (Å²) in [5, 5.41) is 0. The van der Waals surface area contributed by atoms with Gasteiger partial charge in [-0.05, 0) is 55.9 Å². The number of hydrogen-bond acceptors (Lipinski definition) is 3. The van der Waals surface area contributed by atoms with Crippen LogP contribution in [-0.2, 0) is 20.2 Å². The number of carbonyl (C=O) groups excluding carboxylic acids is 1. The molecule has 0 aromatic heterocycles. The lowest BCUT2D eigenvalue weighted by Crippen LogP contribution is -2.43. The van der Waals surface area contributed by atoms with Gasteiger partial charge in [0.1, 0.15) is 0 Å². The van der Waals surface area contributed by atoms with Gasteiger partial charge in [-0.25, -0.2) is 8.42 Å². The van der Waals surface area contributed by atoms with Crippen molar-refractivity contribution in [2.45, 2.75) is 75.6 Å². The largest absolute Gasteiger partial charge is 0.311 e. The predicted octanol–water partition coefficient (Wildman–Crippen LogP) is 3.67. The van der Waals surface area contributed by atoms with E-state index >= 15 is 0 Å². The van der Waals surface area contributed by atoms with Crippen LogP contribution in [0.15, 0.2) is 23.1 Å². The van der Waals surface area contributed by atoms with Gasteiger partial charge in [0.15, 0.2) is 0 Å². The minimum Gasteiger partial charge on any atom is -0.311 e. The molecular weight excluding hydrogens is 360 g/mol. The highest BCUT2D eigenvalue weighted by atomic mass is 32.2. The van der Waals surface area contributed by atoms with Gasteiger partial charge in [0, 0.05) is 36.2 Å². The molecule has 1 aromatic rings. The summed E-state index contributed by atoms with van der Waals surface area (Å²) >= 11 is 0. The van der Waals surface area contributed by atoms with Crippen LogP contribution in [0.4, 0.5) is 5.69 Å². The van der Waals surface area contributed by atoms with Crippen LogP contribution in [0.3, 0.4) is 0 Å². The van der Waals surface area contributed by atoms with E-state index < -0.39 is 10.0 Å². The Morgan fingerprint density at radius 3 is 2.59 bits per heavy atom. The maximum absolute atomic E-state index is 13.3. The molecule has 3 aliphatic rings. The third-order valence-electron chi connectivity index (χ3n) is 6.38. The highest BCUT2D eigenvalue weighted by Gasteiger charge is 2.43. The average Bonchev–Trinajstić information content (AvgIpc) is 3.46. The van der Waals surface area contributed by atoms with Crippen molar-refractivity contribution in [3.63, 3.8) is 0 Å². The number of sulfonamides is 1. The summed E-state index contributed by atoms with van der Waals surface area (Å²) in [5.41, 5.74) is 1.63. The predicted molar refractivity (Wildman–Crippen MR) is 106 cm³/mol. The first kappa shape index (κ1) is 18.9. The third kappa shape index (κ3) is 3.21. The lowest BCUT2D eigenvalue weighted by atomic mass is 9.87. The first-order valence-electron chi connectivity index (χ1n) is 10.2. The molecule has 4 rings (SSSR count). The van der Waals surface area contributed by atoms with Crippen molar-refractivity contribution >= 4 is 21.6 Å². The van der Waals surface area contributed by atoms with Crippen LogP contribution < -0.4 is 4.90 Å². The van der Waals surface area contributed by atoms with E-state index in [0.29, 0.717) is 18.0 Å². The first-order chi connectivity index (χ1) is 12.8. The highest BCUT2D eigenvalue weighted by Crippen LogP contribution is 2.44. The van der Waals surface area contributed by atoms with Crippen molar-refractivity contribution in [3.05, 3.63) is 23.8 Å². The molecule has 1 aliphatic carbocycles. The molecule has 2 heterocycles. The molecule has 1 unspecified atom stereocenters. The Bertz CT molecular complexity index is 858. The topological polar surface area (TPSA) is 57.7 Å². The number of hydrogen-bond donors (Lipinski definition) is 0. The van der Waals surface area contributed by atoms with Gasteiger partial charge in [-0.1, -0.05) is 27.2 Å². The second kappa shape index (κ2) is 6.59. The Morgan fingerprint density at radius 2 is 1.93 bits per heavy atom. The maximum atomic E-state index is 13.3. The molecule has 1 saturated carbocycles. The zero-order chi connectivity index (χ0) is 19.4. The van der Waals surface area contributed by atoms with Crippen LogP contribution in [0.5, 0.6) is 0 Å². The minimum absolute atomic E-state index is 0.0953. The van der Waals surface area contributed by atoms with Gasteiger partial charge in [0.05, 0.1) is 4.90 Å². The van der Waals surface area contributed by atoms with Gasteiger partial charge in [0.2, 0.25) is 15.9 Å². The minimum atomic E-state index is -3.51. The number of amides is 1. The zero-order valence-electron chi connectivity index (χ0n) is 16.6. The Balaban J connectivity index is 1.71. The number of benzene rings is 1. The number of fused-ring (bicyclic) bond motifs is 1.